The Labute approximate surface area is 59.4 Å². The van der Waals surface area contributed by atoms with Crippen LogP contribution in [0.15, 0.2) is 0 Å². The molecule has 0 spiro atoms. The van der Waals surface area contributed by atoms with Crippen LogP contribution < -0.4 is 0 Å². The van der Waals surface area contributed by atoms with Crippen LogP contribution in [0.5, 0.6) is 0 Å². The van der Waals surface area contributed by atoms with E-state index in [2.05, 4.69) is 6.92 Å². The molecular formula is C7H12F3. The van der Waals surface area contributed by atoms with E-state index in [9.17, 15) is 13.2 Å². The average Bonchev–Trinajstić information content (AvgIpc) is 1.99. The highest BCUT2D eigenvalue weighted by molar-refractivity contribution is 4.61. The van der Waals surface area contributed by atoms with E-state index in [4.69, 9.17) is 0 Å². The van der Waals surface area contributed by atoms with E-state index in [1.807, 2.05) is 0 Å². The summed E-state index contributed by atoms with van der Waals surface area (Å²) < 4.78 is 35.8. The first kappa shape index (κ1) is 9.79. The van der Waals surface area contributed by atoms with Crippen molar-refractivity contribution in [3.05, 3.63) is 6.92 Å². The summed E-state index contributed by atoms with van der Waals surface area (Å²) in [5, 5.41) is 0. The highest BCUT2D eigenvalue weighted by atomic mass is 19.2. The van der Waals surface area contributed by atoms with Crippen LogP contribution in [0.4, 0.5) is 13.2 Å². The van der Waals surface area contributed by atoms with E-state index in [0.29, 0.717) is 0 Å². The lowest BCUT2D eigenvalue weighted by molar-refractivity contribution is 0.214. The first-order chi connectivity index (χ1) is 4.70. The molecule has 0 N–H and O–H groups in total. The number of rotatable bonds is 5. The van der Waals surface area contributed by atoms with E-state index in [-0.39, 0.29) is 19.3 Å². The Hall–Kier alpha value is -0.210. The zero-order chi connectivity index (χ0) is 7.98. The van der Waals surface area contributed by atoms with Crippen LogP contribution in [-0.2, 0) is 0 Å². The highest BCUT2D eigenvalue weighted by Gasteiger charge is 2.09. The minimum Gasteiger partial charge on any atom is -0.248 e. The third-order valence-corrected chi connectivity index (χ3v) is 1.27. The standard InChI is InChI=1S/C7H12F3/c1-2-6(9)3-4-7(10)5-8/h6-7H,1-5H2/t6?,7-/m0/s1. The normalized spacial score (nSPS) is 16.8. The van der Waals surface area contributed by atoms with Gasteiger partial charge in [0.2, 0.25) is 0 Å². The van der Waals surface area contributed by atoms with E-state index >= 15 is 0 Å². The van der Waals surface area contributed by atoms with Crippen LogP contribution in [-0.4, -0.2) is 19.0 Å². The van der Waals surface area contributed by atoms with Gasteiger partial charge in [-0.2, -0.15) is 0 Å². The molecule has 0 aromatic carbocycles. The molecule has 0 aromatic rings. The molecule has 2 atom stereocenters. The van der Waals surface area contributed by atoms with Gasteiger partial charge < -0.3 is 0 Å². The van der Waals surface area contributed by atoms with Crippen molar-refractivity contribution in [2.45, 2.75) is 31.6 Å². The molecule has 0 nitrogen and oxygen atoms in total. The van der Waals surface area contributed by atoms with Crippen LogP contribution in [0.1, 0.15) is 19.3 Å². The minimum absolute atomic E-state index is 0.0345. The summed E-state index contributed by atoms with van der Waals surface area (Å²) in [6.07, 6.45) is -2.39. The molecule has 10 heavy (non-hydrogen) atoms. The summed E-state index contributed by atoms with van der Waals surface area (Å²) in [5.41, 5.74) is 0. The predicted molar refractivity (Wildman–Crippen MR) is 35.0 cm³/mol. The lowest BCUT2D eigenvalue weighted by atomic mass is 10.1. The quantitative estimate of drug-likeness (QED) is 0.569. The van der Waals surface area contributed by atoms with Crippen molar-refractivity contribution >= 4 is 0 Å². The first-order valence-electron chi connectivity index (χ1n) is 3.34. The van der Waals surface area contributed by atoms with Gasteiger partial charge in [0.05, 0.1) is 0 Å². The maximum atomic E-state index is 12.3. The lowest BCUT2D eigenvalue weighted by Crippen LogP contribution is -2.07. The topological polar surface area (TPSA) is 0 Å². The molecule has 0 heterocycles. The average molecular weight is 153 g/mol. The van der Waals surface area contributed by atoms with E-state index < -0.39 is 19.0 Å². The molecule has 0 aliphatic carbocycles. The summed E-state index contributed by atoms with van der Waals surface area (Å²) in [7, 11) is 0. The Morgan fingerprint density at radius 1 is 1.10 bits per heavy atom. The van der Waals surface area contributed by atoms with E-state index in [0.717, 1.165) is 0 Å². The first-order valence-corrected chi connectivity index (χ1v) is 3.34. The van der Waals surface area contributed by atoms with Crippen molar-refractivity contribution < 1.29 is 13.2 Å². The second kappa shape index (κ2) is 5.57. The Morgan fingerprint density at radius 2 is 1.60 bits per heavy atom. The zero-order valence-corrected chi connectivity index (χ0v) is 5.82. The van der Waals surface area contributed by atoms with Gasteiger partial charge in [-0.3, -0.25) is 0 Å². The number of hydrogen-bond donors (Lipinski definition) is 0. The maximum absolute atomic E-state index is 12.3. The Bertz CT molecular complexity index is 65.3. The molecule has 1 radical (unpaired) electrons. The van der Waals surface area contributed by atoms with Gasteiger partial charge in [-0.05, 0) is 19.3 Å². The summed E-state index contributed by atoms with van der Waals surface area (Å²) in [6, 6.07) is 0. The number of hydrogen-bond acceptors (Lipinski definition) is 0. The van der Waals surface area contributed by atoms with Gasteiger partial charge >= 0.3 is 0 Å². The summed E-state index contributed by atoms with van der Waals surface area (Å²) in [6.45, 7) is 2.29. The zero-order valence-electron chi connectivity index (χ0n) is 5.82. The van der Waals surface area contributed by atoms with Crippen LogP contribution in [0.25, 0.3) is 0 Å². The molecule has 0 aromatic heterocycles. The van der Waals surface area contributed by atoms with Crippen molar-refractivity contribution in [2.24, 2.45) is 0 Å². The fourth-order valence-electron chi connectivity index (χ4n) is 0.583. The van der Waals surface area contributed by atoms with E-state index in [1.165, 1.54) is 0 Å². The molecule has 1 unspecified atom stereocenters. The van der Waals surface area contributed by atoms with Crippen molar-refractivity contribution in [3.8, 4) is 0 Å². The van der Waals surface area contributed by atoms with Gasteiger partial charge in [-0.1, -0.05) is 6.92 Å². The molecule has 61 valence electrons. The van der Waals surface area contributed by atoms with Crippen LogP contribution >= 0.6 is 0 Å². The Kier molecular flexibility index (Phi) is 5.45. The minimum atomic E-state index is -1.50. The van der Waals surface area contributed by atoms with Crippen molar-refractivity contribution in [3.63, 3.8) is 0 Å². The number of alkyl halides is 3. The largest absolute Gasteiger partial charge is 0.248 e. The second-order valence-corrected chi connectivity index (χ2v) is 2.21. The van der Waals surface area contributed by atoms with Crippen LogP contribution in [0, 0.1) is 6.92 Å². The molecule has 3 heteroatoms. The third-order valence-electron chi connectivity index (χ3n) is 1.27. The van der Waals surface area contributed by atoms with Crippen LogP contribution in [0.3, 0.4) is 0 Å². The molecule has 0 bridgehead atoms. The third kappa shape index (κ3) is 4.65. The fraction of sp³-hybridized carbons (Fsp3) is 0.857. The van der Waals surface area contributed by atoms with E-state index in [1.54, 1.807) is 0 Å². The lowest BCUT2D eigenvalue weighted by Gasteiger charge is -2.05. The maximum Gasteiger partial charge on any atom is 0.128 e. The summed E-state index contributed by atoms with van der Waals surface area (Å²) >= 11 is 0. The molecule has 0 aliphatic heterocycles. The summed E-state index contributed by atoms with van der Waals surface area (Å²) in [5.74, 6) is 0. The predicted octanol–water partition coefficient (Wildman–Crippen LogP) is 2.64. The van der Waals surface area contributed by atoms with Gasteiger partial charge in [0.1, 0.15) is 19.0 Å². The Morgan fingerprint density at radius 3 is 2.00 bits per heavy atom. The molecule has 0 fully saturated rings. The molecule has 0 aliphatic rings. The van der Waals surface area contributed by atoms with Gasteiger partial charge in [0.15, 0.2) is 0 Å². The fourth-order valence-corrected chi connectivity index (χ4v) is 0.583. The summed E-state index contributed by atoms with van der Waals surface area (Å²) in [4.78, 5) is 0. The highest BCUT2D eigenvalue weighted by Crippen LogP contribution is 2.10. The number of halogens is 3. The molecule has 0 amide bonds. The Balaban J connectivity index is 3.17. The molecule has 0 saturated heterocycles. The second-order valence-electron chi connectivity index (χ2n) is 2.21. The molecular weight excluding hydrogens is 141 g/mol. The van der Waals surface area contributed by atoms with Gasteiger partial charge in [-0.25, -0.2) is 13.2 Å². The van der Waals surface area contributed by atoms with Gasteiger partial charge in [-0.15, -0.1) is 0 Å². The molecule has 0 rings (SSSR count). The van der Waals surface area contributed by atoms with Crippen molar-refractivity contribution in [2.75, 3.05) is 6.67 Å². The molecule has 0 saturated carbocycles. The smallest absolute Gasteiger partial charge is 0.128 e. The van der Waals surface area contributed by atoms with Crippen molar-refractivity contribution in [1.29, 1.82) is 0 Å². The van der Waals surface area contributed by atoms with Crippen molar-refractivity contribution in [1.82, 2.24) is 0 Å². The van der Waals surface area contributed by atoms with Gasteiger partial charge in [0, 0.05) is 0 Å². The monoisotopic (exact) mass is 153 g/mol. The van der Waals surface area contributed by atoms with Crippen LogP contribution in [0.2, 0.25) is 0 Å². The SMILES string of the molecule is [CH2]CC(F)CC[C@H](F)CF. The van der Waals surface area contributed by atoms with Gasteiger partial charge in [0.25, 0.3) is 0 Å².